The fourth-order valence-electron chi connectivity index (χ4n) is 4.59. The molecular formula is C29H38N4O3. The highest BCUT2D eigenvalue weighted by Crippen LogP contribution is 2.29. The van der Waals surface area contributed by atoms with Crippen LogP contribution in [0.1, 0.15) is 29.3 Å². The first-order valence-electron chi connectivity index (χ1n) is 12.8. The Labute approximate surface area is 214 Å². The number of benzene rings is 2. The van der Waals surface area contributed by atoms with Gasteiger partial charge < -0.3 is 19.5 Å². The van der Waals surface area contributed by atoms with E-state index in [9.17, 15) is 5.11 Å². The molecule has 2 aromatic carbocycles. The summed E-state index contributed by atoms with van der Waals surface area (Å²) < 4.78 is 11.0. The molecule has 1 aliphatic heterocycles. The lowest BCUT2D eigenvalue weighted by Gasteiger charge is -2.37. The Morgan fingerprint density at radius 2 is 1.69 bits per heavy atom. The minimum absolute atomic E-state index is 0.379. The third-order valence-electron chi connectivity index (χ3n) is 6.54. The van der Waals surface area contributed by atoms with E-state index in [0.29, 0.717) is 26.4 Å². The lowest BCUT2D eigenvalue weighted by molar-refractivity contribution is 0.0202. The van der Waals surface area contributed by atoms with Gasteiger partial charge in [-0.1, -0.05) is 60.2 Å². The number of piperazine rings is 1. The zero-order chi connectivity index (χ0) is 25.3. The molecule has 0 spiro atoms. The van der Waals surface area contributed by atoms with E-state index in [1.165, 1.54) is 11.1 Å². The third-order valence-corrected chi connectivity index (χ3v) is 6.54. The van der Waals surface area contributed by atoms with Crippen LogP contribution in [0.15, 0.2) is 54.6 Å². The Morgan fingerprint density at radius 3 is 2.36 bits per heavy atom. The van der Waals surface area contributed by atoms with E-state index in [1.54, 1.807) is 7.11 Å². The molecule has 4 rings (SSSR count). The molecular weight excluding hydrogens is 452 g/mol. The number of aromatic nitrogens is 2. The standard InChI is InChI=1S/C29H38N4O3/c1-4-36-20-25(34)19-32-14-16-33(17-15-32)29-26(18-23-12-10-22(2)11-13-23)27(21-35-3)30-28(31-29)24-8-6-5-7-9-24/h5-13,25,34H,4,14-21H2,1-3H3/t25-/m1/s1. The summed E-state index contributed by atoms with van der Waals surface area (Å²) in [5, 5.41) is 10.3. The number of nitrogens with zero attached hydrogens (tertiary/aromatic N) is 4. The molecule has 0 radical (unpaired) electrons. The SMILES string of the molecule is CCOC[C@H](O)CN1CCN(c2nc(-c3ccccc3)nc(COC)c2Cc2ccc(C)cc2)CC1. The van der Waals surface area contributed by atoms with E-state index in [-0.39, 0.29) is 0 Å². The van der Waals surface area contributed by atoms with Crippen molar-refractivity contribution in [3.8, 4) is 11.4 Å². The number of aliphatic hydroxyl groups excluding tert-OH is 1. The fourth-order valence-corrected chi connectivity index (χ4v) is 4.59. The molecule has 1 N–H and O–H groups in total. The maximum atomic E-state index is 10.3. The van der Waals surface area contributed by atoms with E-state index in [4.69, 9.17) is 19.4 Å². The highest BCUT2D eigenvalue weighted by molar-refractivity contribution is 5.61. The molecule has 0 unspecified atom stereocenters. The second kappa shape index (κ2) is 12.9. The van der Waals surface area contributed by atoms with Gasteiger partial charge >= 0.3 is 0 Å². The number of hydrogen-bond acceptors (Lipinski definition) is 7. The van der Waals surface area contributed by atoms with Crippen LogP contribution in [0.25, 0.3) is 11.4 Å². The Morgan fingerprint density at radius 1 is 0.972 bits per heavy atom. The zero-order valence-corrected chi connectivity index (χ0v) is 21.7. The number of anilines is 1. The molecule has 1 fully saturated rings. The highest BCUT2D eigenvalue weighted by Gasteiger charge is 2.25. The molecule has 1 saturated heterocycles. The topological polar surface area (TPSA) is 71.0 Å². The normalized spacial score (nSPS) is 15.3. The first kappa shape index (κ1) is 26.2. The molecule has 1 atom stereocenters. The van der Waals surface area contributed by atoms with Gasteiger partial charge in [0.05, 0.1) is 25.0 Å². The van der Waals surface area contributed by atoms with Crippen molar-refractivity contribution < 1.29 is 14.6 Å². The number of aryl methyl sites for hydroxylation is 1. The molecule has 192 valence electrons. The Kier molecular flexibility index (Phi) is 9.41. The number of rotatable bonds is 11. The minimum atomic E-state index is -0.467. The summed E-state index contributed by atoms with van der Waals surface area (Å²) in [6, 6.07) is 18.8. The highest BCUT2D eigenvalue weighted by atomic mass is 16.5. The van der Waals surface area contributed by atoms with Crippen LogP contribution < -0.4 is 4.90 Å². The van der Waals surface area contributed by atoms with Gasteiger partial charge in [0.2, 0.25) is 0 Å². The Balaban J connectivity index is 1.63. The maximum absolute atomic E-state index is 10.3. The molecule has 0 saturated carbocycles. The lowest BCUT2D eigenvalue weighted by Crippen LogP contribution is -2.49. The van der Waals surface area contributed by atoms with Crippen molar-refractivity contribution >= 4 is 5.82 Å². The predicted octanol–water partition coefficient (Wildman–Crippen LogP) is 3.71. The molecule has 3 aromatic rings. The maximum Gasteiger partial charge on any atom is 0.161 e. The largest absolute Gasteiger partial charge is 0.389 e. The van der Waals surface area contributed by atoms with Crippen molar-refractivity contribution in [2.45, 2.75) is 33.0 Å². The summed E-state index contributed by atoms with van der Waals surface area (Å²) in [7, 11) is 1.71. The molecule has 0 aliphatic carbocycles. The van der Waals surface area contributed by atoms with Crippen LogP contribution in [0.5, 0.6) is 0 Å². The fraction of sp³-hybridized carbons (Fsp3) is 0.448. The first-order valence-corrected chi connectivity index (χ1v) is 12.8. The van der Waals surface area contributed by atoms with Gasteiger partial charge in [0, 0.05) is 64.0 Å². The van der Waals surface area contributed by atoms with Gasteiger partial charge in [-0.15, -0.1) is 0 Å². The summed E-state index contributed by atoms with van der Waals surface area (Å²) in [5.74, 6) is 1.70. The van der Waals surface area contributed by atoms with Gasteiger partial charge in [-0.05, 0) is 19.4 Å². The zero-order valence-electron chi connectivity index (χ0n) is 21.7. The van der Waals surface area contributed by atoms with Gasteiger partial charge in [0.1, 0.15) is 5.82 Å². The van der Waals surface area contributed by atoms with Gasteiger partial charge in [-0.3, -0.25) is 4.90 Å². The van der Waals surface area contributed by atoms with Crippen LogP contribution in [-0.4, -0.2) is 79.1 Å². The van der Waals surface area contributed by atoms with Gasteiger partial charge in [0.25, 0.3) is 0 Å². The average molecular weight is 491 g/mol. The second-order valence-electron chi connectivity index (χ2n) is 9.36. The second-order valence-corrected chi connectivity index (χ2v) is 9.36. The van der Waals surface area contributed by atoms with Crippen molar-refractivity contribution in [2.75, 3.05) is 57.9 Å². The molecule has 0 bridgehead atoms. The lowest BCUT2D eigenvalue weighted by atomic mass is 10.0. The molecule has 7 heteroatoms. The van der Waals surface area contributed by atoms with Crippen LogP contribution >= 0.6 is 0 Å². The van der Waals surface area contributed by atoms with E-state index in [1.807, 2.05) is 37.3 Å². The Hall–Kier alpha value is -2.84. The third kappa shape index (κ3) is 6.89. The molecule has 1 aliphatic rings. The van der Waals surface area contributed by atoms with Crippen LogP contribution in [0.4, 0.5) is 5.82 Å². The number of methoxy groups -OCH3 is 1. The molecule has 7 nitrogen and oxygen atoms in total. The van der Waals surface area contributed by atoms with Gasteiger partial charge in [-0.2, -0.15) is 0 Å². The number of ether oxygens (including phenoxy) is 2. The smallest absolute Gasteiger partial charge is 0.161 e. The van der Waals surface area contributed by atoms with Crippen molar-refractivity contribution in [1.29, 1.82) is 0 Å². The van der Waals surface area contributed by atoms with Crippen LogP contribution in [0.3, 0.4) is 0 Å². The summed E-state index contributed by atoms with van der Waals surface area (Å²) in [6.45, 7) is 9.49. The van der Waals surface area contributed by atoms with Gasteiger partial charge in [-0.25, -0.2) is 9.97 Å². The molecule has 0 amide bonds. The predicted molar refractivity (Wildman–Crippen MR) is 143 cm³/mol. The molecule has 1 aromatic heterocycles. The van der Waals surface area contributed by atoms with Crippen molar-refractivity contribution in [1.82, 2.24) is 14.9 Å². The van der Waals surface area contributed by atoms with E-state index >= 15 is 0 Å². The van der Waals surface area contributed by atoms with Gasteiger partial charge in [0.15, 0.2) is 5.82 Å². The van der Waals surface area contributed by atoms with Crippen molar-refractivity contribution in [3.63, 3.8) is 0 Å². The first-order chi connectivity index (χ1) is 17.6. The summed E-state index contributed by atoms with van der Waals surface area (Å²) in [6.07, 6.45) is 0.280. The average Bonchev–Trinajstić information content (AvgIpc) is 2.90. The summed E-state index contributed by atoms with van der Waals surface area (Å²) >= 11 is 0. The van der Waals surface area contributed by atoms with E-state index in [0.717, 1.165) is 61.1 Å². The van der Waals surface area contributed by atoms with Crippen LogP contribution in [-0.2, 0) is 22.5 Å². The molecule has 36 heavy (non-hydrogen) atoms. The van der Waals surface area contributed by atoms with Crippen molar-refractivity contribution in [3.05, 3.63) is 77.0 Å². The van der Waals surface area contributed by atoms with Crippen LogP contribution in [0.2, 0.25) is 0 Å². The Bertz CT molecular complexity index is 1080. The summed E-state index contributed by atoms with van der Waals surface area (Å²) in [5.41, 5.74) is 5.51. The number of hydrogen-bond donors (Lipinski definition) is 1. The van der Waals surface area contributed by atoms with E-state index in [2.05, 4.69) is 41.0 Å². The minimum Gasteiger partial charge on any atom is -0.389 e. The monoisotopic (exact) mass is 490 g/mol. The van der Waals surface area contributed by atoms with Crippen LogP contribution in [0, 0.1) is 6.92 Å². The summed E-state index contributed by atoms with van der Waals surface area (Å²) in [4.78, 5) is 14.7. The molecule has 2 heterocycles. The number of aliphatic hydroxyl groups is 1. The van der Waals surface area contributed by atoms with E-state index < -0.39 is 6.10 Å². The van der Waals surface area contributed by atoms with Crippen molar-refractivity contribution in [2.24, 2.45) is 0 Å². The quantitative estimate of drug-likeness (QED) is 0.439. The number of β-amino-alcohol motifs (C(OH)–C–C–N with tert-alkyl or cyclic N) is 1.